The summed E-state index contributed by atoms with van der Waals surface area (Å²) in [7, 11) is 0. The van der Waals surface area contributed by atoms with Gasteiger partial charge in [-0.05, 0) is 40.5 Å². The molecule has 0 aliphatic rings. The summed E-state index contributed by atoms with van der Waals surface area (Å²) >= 11 is 0. The van der Waals surface area contributed by atoms with Crippen LogP contribution in [0.3, 0.4) is 0 Å². The van der Waals surface area contributed by atoms with Crippen LogP contribution in [-0.2, 0) is 0 Å². The Morgan fingerprint density at radius 1 is 0.229 bits per heavy atom. The minimum atomic E-state index is 0.623. The maximum absolute atomic E-state index is 5.22. The third kappa shape index (κ3) is 6.03. The van der Waals surface area contributed by atoms with Crippen LogP contribution in [0.1, 0.15) is 0 Å². The van der Waals surface area contributed by atoms with Crippen molar-refractivity contribution in [3.8, 4) is 78.9 Å². The second kappa shape index (κ2) is 13.1. The minimum Gasteiger partial charge on any atom is -0.248 e. The Hall–Kier alpha value is -6.52. The van der Waals surface area contributed by atoms with Crippen LogP contribution in [0.2, 0.25) is 0 Å². The molecule has 4 nitrogen and oxygen atoms in total. The zero-order valence-corrected chi connectivity index (χ0v) is 26.1. The zero-order valence-electron chi connectivity index (χ0n) is 26.1. The molecule has 2 aromatic heterocycles. The smallest absolute Gasteiger partial charge is 0.164 e. The number of nitrogens with zero attached hydrogens (tertiary/aromatic N) is 4. The average molecular weight is 615 g/mol. The first-order valence-electron chi connectivity index (χ1n) is 16.0. The van der Waals surface area contributed by atoms with Gasteiger partial charge >= 0.3 is 0 Å². The highest BCUT2D eigenvalue weighted by Crippen LogP contribution is 2.37. The second-order valence-corrected chi connectivity index (χ2v) is 11.5. The van der Waals surface area contributed by atoms with Gasteiger partial charge in [-0.1, -0.05) is 164 Å². The number of hydrogen-bond acceptors (Lipinski definition) is 4. The van der Waals surface area contributed by atoms with E-state index in [4.69, 9.17) is 19.9 Å². The first kappa shape index (κ1) is 28.9. The highest BCUT2D eigenvalue weighted by atomic mass is 15.0. The summed E-state index contributed by atoms with van der Waals surface area (Å²) in [5.74, 6) is 1.90. The van der Waals surface area contributed by atoms with E-state index < -0.39 is 0 Å². The van der Waals surface area contributed by atoms with Gasteiger partial charge in [0.25, 0.3) is 0 Å². The summed E-state index contributed by atoms with van der Waals surface area (Å²) in [5, 5.41) is 0. The van der Waals surface area contributed by atoms with E-state index in [1.54, 1.807) is 0 Å². The molecule has 0 spiro atoms. The largest absolute Gasteiger partial charge is 0.248 e. The van der Waals surface area contributed by atoms with Crippen LogP contribution in [0.25, 0.3) is 78.9 Å². The second-order valence-electron chi connectivity index (χ2n) is 11.5. The van der Waals surface area contributed by atoms with E-state index in [0.29, 0.717) is 17.5 Å². The molecule has 4 heteroatoms. The van der Waals surface area contributed by atoms with Gasteiger partial charge in [-0.2, -0.15) is 0 Å². The first-order chi connectivity index (χ1) is 23.8. The number of aromatic nitrogens is 4. The molecule has 0 N–H and O–H groups in total. The van der Waals surface area contributed by atoms with E-state index in [1.165, 1.54) is 0 Å². The number of pyridine rings is 1. The van der Waals surface area contributed by atoms with Gasteiger partial charge in [0, 0.05) is 27.8 Å². The number of hydrogen-bond donors (Lipinski definition) is 0. The van der Waals surface area contributed by atoms with Crippen LogP contribution in [0.4, 0.5) is 0 Å². The van der Waals surface area contributed by atoms with Crippen molar-refractivity contribution < 1.29 is 0 Å². The maximum Gasteiger partial charge on any atom is 0.164 e. The fourth-order valence-electron chi connectivity index (χ4n) is 5.94. The van der Waals surface area contributed by atoms with Crippen LogP contribution < -0.4 is 0 Å². The Morgan fingerprint density at radius 2 is 0.646 bits per heavy atom. The highest BCUT2D eigenvalue weighted by Gasteiger charge is 2.16. The Kier molecular flexibility index (Phi) is 7.87. The molecule has 0 unspecified atom stereocenters. The topological polar surface area (TPSA) is 51.6 Å². The van der Waals surface area contributed by atoms with E-state index in [0.717, 1.165) is 61.5 Å². The van der Waals surface area contributed by atoms with Crippen molar-refractivity contribution >= 4 is 0 Å². The molecule has 0 saturated heterocycles. The molecule has 8 aromatic rings. The predicted octanol–water partition coefficient (Wildman–Crippen LogP) is 10.9. The van der Waals surface area contributed by atoms with Crippen molar-refractivity contribution in [3.63, 3.8) is 0 Å². The normalized spacial score (nSPS) is 10.9. The van der Waals surface area contributed by atoms with Crippen molar-refractivity contribution in [3.05, 3.63) is 182 Å². The first-order valence-corrected chi connectivity index (χ1v) is 16.0. The van der Waals surface area contributed by atoms with E-state index in [1.807, 2.05) is 72.8 Å². The lowest BCUT2D eigenvalue weighted by Crippen LogP contribution is -2.00. The van der Waals surface area contributed by atoms with Gasteiger partial charge in [-0.15, -0.1) is 0 Å². The summed E-state index contributed by atoms with van der Waals surface area (Å²) < 4.78 is 0. The van der Waals surface area contributed by atoms with Crippen LogP contribution in [0.15, 0.2) is 182 Å². The monoisotopic (exact) mass is 614 g/mol. The van der Waals surface area contributed by atoms with Gasteiger partial charge in [-0.25, -0.2) is 19.9 Å². The molecule has 226 valence electrons. The summed E-state index contributed by atoms with van der Waals surface area (Å²) in [6.07, 6.45) is 0. The molecule has 6 aromatic carbocycles. The molecule has 0 atom stereocenters. The molecule has 0 fully saturated rings. The summed E-state index contributed by atoms with van der Waals surface area (Å²) in [6, 6.07) is 62.2. The fourth-order valence-corrected chi connectivity index (χ4v) is 5.94. The lowest BCUT2D eigenvalue weighted by Gasteiger charge is -2.14. The van der Waals surface area contributed by atoms with E-state index in [2.05, 4.69) is 109 Å². The quantitative estimate of drug-likeness (QED) is 0.179. The Labute approximate surface area is 280 Å². The SMILES string of the molecule is c1ccc(-c2cc(-c3ccccc3)nc(-c3ccccc3-c3cccc(-c4nc(-c5ccccc5)nc(-c5ccccc5)n4)c3)c2)cc1. The van der Waals surface area contributed by atoms with Gasteiger partial charge in [-0.3, -0.25) is 0 Å². The summed E-state index contributed by atoms with van der Waals surface area (Å²) in [6.45, 7) is 0. The molecule has 0 aliphatic carbocycles. The van der Waals surface area contributed by atoms with Crippen molar-refractivity contribution in [2.24, 2.45) is 0 Å². The maximum atomic E-state index is 5.22. The highest BCUT2D eigenvalue weighted by molar-refractivity contribution is 5.86. The average Bonchev–Trinajstić information content (AvgIpc) is 3.19. The molecule has 0 saturated carbocycles. The Morgan fingerprint density at radius 3 is 1.23 bits per heavy atom. The predicted molar refractivity (Wildman–Crippen MR) is 196 cm³/mol. The van der Waals surface area contributed by atoms with Crippen LogP contribution >= 0.6 is 0 Å². The van der Waals surface area contributed by atoms with Gasteiger partial charge in [0.2, 0.25) is 0 Å². The molecule has 2 heterocycles. The van der Waals surface area contributed by atoms with Gasteiger partial charge in [0.05, 0.1) is 11.4 Å². The molecule has 0 aliphatic heterocycles. The Bertz CT molecular complexity index is 2210. The standard InChI is InChI=1S/C44H30N4/c1-5-16-31(17-6-1)37-29-40(32-18-7-2-8-19-32)45-41(30-37)39-27-14-13-26-38(39)35-24-15-25-36(28-35)44-47-42(33-20-9-3-10-21-33)46-43(48-44)34-22-11-4-12-23-34/h1-30H. The lowest BCUT2D eigenvalue weighted by atomic mass is 9.94. The van der Waals surface area contributed by atoms with Gasteiger partial charge in [0.15, 0.2) is 17.5 Å². The van der Waals surface area contributed by atoms with Gasteiger partial charge in [0.1, 0.15) is 0 Å². The van der Waals surface area contributed by atoms with Crippen molar-refractivity contribution in [1.29, 1.82) is 0 Å². The van der Waals surface area contributed by atoms with Crippen molar-refractivity contribution in [2.45, 2.75) is 0 Å². The van der Waals surface area contributed by atoms with Crippen LogP contribution in [0, 0.1) is 0 Å². The molecule has 0 radical (unpaired) electrons. The number of rotatable bonds is 7. The van der Waals surface area contributed by atoms with E-state index >= 15 is 0 Å². The van der Waals surface area contributed by atoms with E-state index in [-0.39, 0.29) is 0 Å². The van der Waals surface area contributed by atoms with E-state index in [9.17, 15) is 0 Å². The van der Waals surface area contributed by atoms with Crippen LogP contribution in [0.5, 0.6) is 0 Å². The third-order valence-electron chi connectivity index (χ3n) is 8.34. The number of benzene rings is 6. The summed E-state index contributed by atoms with van der Waals surface area (Å²) in [4.78, 5) is 20.0. The molecule has 8 rings (SSSR count). The van der Waals surface area contributed by atoms with Crippen LogP contribution in [-0.4, -0.2) is 19.9 Å². The Balaban J connectivity index is 1.26. The zero-order chi connectivity index (χ0) is 32.1. The molecule has 0 bridgehead atoms. The molecular weight excluding hydrogens is 585 g/mol. The molecule has 0 amide bonds. The molecule has 48 heavy (non-hydrogen) atoms. The fraction of sp³-hybridized carbons (Fsp3) is 0. The minimum absolute atomic E-state index is 0.623. The van der Waals surface area contributed by atoms with Crippen molar-refractivity contribution in [2.75, 3.05) is 0 Å². The van der Waals surface area contributed by atoms with Crippen molar-refractivity contribution in [1.82, 2.24) is 19.9 Å². The summed E-state index contributed by atoms with van der Waals surface area (Å²) in [5.41, 5.74) is 11.2. The third-order valence-corrected chi connectivity index (χ3v) is 8.34. The van der Waals surface area contributed by atoms with Gasteiger partial charge < -0.3 is 0 Å². The lowest BCUT2D eigenvalue weighted by molar-refractivity contribution is 1.07. The molecular formula is C44H30N4.